The molecule has 0 saturated carbocycles. The van der Waals surface area contributed by atoms with E-state index >= 15 is 0 Å². The van der Waals surface area contributed by atoms with Crippen molar-refractivity contribution in [2.45, 2.75) is 4.90 Å². The fourth-order valence-electron chi connectivity index (χ4n) is 2.06. The van der Waals surface area contributed by atoms with Gasteiger partial charge in [-0.1, -0.05) is 18.2 Å². The molecule has 11 heteroatoms. The minimum atomic E-state index is -4.44. The maximum absolute atomic E-state index is 11.4. The average molecular weight is 359 g/mol. The van der Waals surface area contributed by atoms with Crippen LogP contribution in [0.1, 0.15) is 0 Å². The molecule has 2 rings (SSSR count). The van der Waals surface area contributed by atoms with Crippen LogP contribution in [-0.4, -0.2) is 38.9 Å². The molecule has 0 amide bonds. The summed E-state index contributed by atoms with van der Waals surface area (Å²) >= 11 is 0. The van der Waals surface area contributed by atoms with E-state index in [4.69, 9.17) is 4.55 Å². The Labute approximate surface area is 132 Å². The summed E-state index contributed by atoms with van der Waals surface area (Å²) < 4.78 is 62.6. The predicted octanol–water partition coefficient (Wildman–Crippen LogP) is 2.06. The van der Waals surface area contributed by atoms with E-state index in [9.17, 15) is 21.4 Å². The van der Waals surface area contributed by atoms with E-state index in [1.54, 1.807) is 6.07 Å². The zero-order valence-electron chi connectivity index (χ0n) is 11.8. The van der Waals surface area contributed by atoms with Gasteiger partial charge in [-0.25, -0.2) is 0 Å². The molecule has 0 saturated heterocycles. The minimum absolute atomic E-state index is 0.180. The maximum Gasteiger partial charge on any atom is 0.295 e. The molecule has 0 aliphatic carbocycles. The molecule has 0 spiro atoms. The van der Waals surface area contributed by atoms with Crippen LogP contribution in [0.4, 0.5) is 11.4 Å². The van der Waals surface area contributed by atoms with Crippen molar-refractivity contribution >= 4 is 42.4 Å². The number of nitrogens with one attached hydrogen (secondary N) is 1. The van der Waals surface area contributed by atoms with Gasteiger partial charge in [0.25, 0.3) is 20.2 Å². The highest BCUT2D eigenvalue weighted by molar-refractivity contribution is 7.86. The molecule has 23 heavy (non-hydrogen) atoms. The first-order valence-corrected chi connectivity index (χ1v) is 9.20. The summed E-state index contributed by atoms with van der Waals surface area (Å²) in [6, 6.07) is 6.96. The van der Waals surface area contributed by atoms with Crippen LogP contribution >= 0.6 is 0 Å². The number of azo groups is 1. The topological polar surface area (TPSA) is 145 Å². The highest BCUT2D eigenvalue weighted by atomic mass is 32.2. The third-order valence-electron chi connectivity index (χ3n) is 2.92. The molecule has 2 aromatic carbocycles. The lowest BCUT2D eigenvalue weighted by molar-refractivity contribution is 0.482. The number of anilines is 1. The van der Waals surface area contributed by atoms with E-state index in [2.05, 4.69) is 15.5 Å². The Kier molecular flexibility index (Phi) is 4.66. The molecule has 0 aliphatic rings. The van der Waals surface area contributed by atoms with Crippen molar-refractivity contribution in [2.24, 2.45) is 10.2 Å². The Balaban J connectivity index is 2.71. The molecule has 0 aromatic heterocycles. The molecule has 9 nitrogen and oxygen atoms in total. The summed E-state index contributed by atoms with van der Waals surface area (Å²) in [6.07, 6.45) is 0. The van der Waals surface area contributed by atoms with Crippen LogP contribution in [0, 0.1) is 0 Å². The van der Waals surface area contributed by atoms with E-state index in [0.717, 1.165) is 0 Å². The number of nitrogens with zero attached hydrogens (tertiary/aromatic N) is 2. The minimum Gasteiger partial charge on any atom is -0.368 e. The van der Waals surface area contributed by atoms with Crippen molar-refractivity contribution in [1.82, 2.24) is 0 Å². The molecule has 0 radical (unpaired) electrons. The second-order valence-corrected chi connectivity index (χ2v) is 7.33. The van der Waals surface area contributed by atoms with Gasteiger partial charge in [-0.2, -0.15) is 27.1 Å². The lowest BCUT2D eigenvalue weighted by atomic mass is 10.1. The molecular weight excluding hydrogens is 346 g/mol. The standard InChI is InChI=1S/C12H13N3O6S2/c1-13-15-12-9-3-2-4-11(23(19,20)21)8(9)5-6-10(12)14-7-22(16,17)18/h2-6,14H,7H2,1H3,(H,16,17,18)(H,19,20,21). The number of hydrogen-bond donors (Lipinski definition) is 3. The molecule has 0 heterocycles. The first-order valence-electron chi connectivity index (χ1n) is 6.15. The van der Waals surface area contributed by atoms with Crippen molar-refractivity contribution in [3.8, 4) is 0 Å². The number of rotatable bonds is 5. The molecule has 3 N–H and O–H groups in total. The van der Waals surface area contributed by atoms with E-state index in [0.29, 0.717) is 5.39 Å². The molecule has 0 unspecified atom stereocenters. The Morgan fingerprint density at radius 1 is 1.04 bits per heavy atom. The summed E-state index contributed by atoms with van der Waals surface area (Å²) in [5.74, 6) is -0.747. The summed E-state index contributed by atoms with van der Waals surface area (Å²) in [7, 11) is -7.31. The Hall–Kier alpha value is -2.08. The highest BCUT2D eigenvalue weighted by Gasteiger charge is 2.17. The third kappa shape index (κ3) is 4.01. The zero-order chi connectivity index (χ0) is 17.3. The fraction of sp³-hybridized carbons (Fsp3) is 0.167. The van der Waals surface area contributed by atoms with E-state index in [-0.39, 0.29) is 21.7 Å². The van der Waals surface area contributed by atoms with Gasteiger partial charge in [0.1, 0.15) is 16.5 Å². The van der Waals surface area contributed by atoms with Gasteiger partial charge in [0, 0.05) is 17.8 Å². The largest absolute Gasteiger partial charge is 0.368 e. The molecule has 0 fully saturated rings. The molecule has 0 aliphatic heterocycles. The van der Waals surface area contributed by atoms with Gasteiger partial charge in [0.2, 0.25) is 0 Å². The van der Waals surface area contributed by atoms with E-state index in [1.165, 1.54) is 31.3 Å². The number of fused-ring (bicyclic) bond motifs is 1. The first kappa shape index (κ1) is 17.3. The van der Waals surface area contributed by atoms with Crippen LogP contribution in [0.25, 0.3) is 10.8 Å². The zero-order valence-corrected chi connectivity index (χ0v) is 13.5. The van der Waals surface area contributed by atoms with Crippen LogP contribution in [0.3, 0.4) is 0 Å². The van der Waals surface area contributed by atoms with Gasteiger partial charge < -0.3 is 5.32 Å². The second-order valence-electron chi connectivity index (χ2n) is 4.49. The predicted molar refractivity (Wildman–Crippen MR) is 84.2 cm³/mol. The van der Waals surface area contributed by atoms with Crippen LogP contribution in [-0.2, 0) is 20.2 Å². The fourth-order valence-corrected chi connectivity index (χ4v) is 3.10. The van der Waals surface area contributed by atoms with Crippen LogP contribution < -0.4 is 5.32 Å². The van der Waals surface area contributed by atoms with Crippen molar-refractivity contribution < 1.29 is 25.9 Å². The average Bonchev–Trinajstić information content (AvgIpc) is 2.44. The lowest BCUT2D eigenvalue weighted by Crippen LogP contribution is -2.13. The van der Waals surface area contributed by atoms with Crippen molar-refractivity contribution in [3.63, 3.8) is 0 Å². The SMILES string of the molecule is CN=Nc1c(NCS(=O)(=O)O)ccc2c(S(=O)(=O)O)cccc12. The van der Waals surface area contributed by atoms with Gasteiger partial charge in [-0.15, -0.1) is 0 Å². The molecule has 0 bridgehead atoms. The summed E-state index contributed by atoms with van der Waals surface area (Å²) in [5.41, 5.74) is 0.410. The Bertz CT molecular complexity index is 983. The van der Waals surface area contributed by atoms with E-state index in [1.807, 2.05) is 0 Å². The quantitative estimate of drug-likeness (QED) is 0.547. The van der Waals surface area contributed by atoms with E-state index < -0.39 is 26.1 Å². The highest BCUT2D eigenvalue weighted by Crippen LogP contribution is 2.37. The summed E-state index contributed by atoms with van der Waals surface area (Å²) in [4.78, 5) is -0.302. The van der Waals surface area contributed by atoms with Gasteiger partial charge in [-0.05, 0) is 12.1 Å². The Morgan fingerprint density at radius 2 is 1.74 bits per heavy atom. The normalized spacial score (nSPS) is 12.8. The second kappa shape index (κ2) is 6.20. The smallest absolute Gasteiger partial charge is 0.295 e. The van der Waals surface area contributed by atoms with Crippen LogP contribution in [0.2, 0.25) is 0 Å². The van der Waals surface area contributed by atoms with Crippen molar-refractivity contribution in [3.05, 3.63) is 30.3 Å². The molecular formula is C12H13N3O6S2. The molecule has 2 aromatic rings. The van der Waals surface area contributed by atoms with Gasteiger partial charge in [0.05, 0.1) is 5.69 Å². The molecule has 0 atom stereocenters. The monoisotopic (exact) mass is 359 g/mol. The summed E-state index contributed by atoms with van der Waals surface area (Å²) in [6.45, 7) is 0. The number of hydrogen-bond acceptors (Lipinski definition) is 7. The van der Waals surface area contributed by atoms with Gasteiger partial charge in [0.15, 0.2) is 0 Å². The van der Waals surface area contributed by atoms with Crippen molar-refractivity contribution in [2.75, 3.05) is 18.2 Å². The summed E-state index contributed by atoms with van der Waals surface area (Å²) in [5, 5.41) is 10.5. The van der Waals surface area contributed by atoms with Gasteiger partial charge >= 0.3 is 0 Å². The first-order chi connectivity index (χ1) is 10.6. The van der Waals surface area contributed by atoms with Crippen LogP contribution in [0.15, 0.2) is 45.5 Å². The maximum atomic E-state index is 11.4. The third-order valence-corrected chi connectivity index (χ3v) is 4.34. The van der Waals surface area contributed by atoms with Crippen molar-refractivity contribution in [1.29, 1.82) is 0 Å². The Morgan fingerprint density at radius 3 is 2.30 bits per heavy atom. The van der Waals surface area contributed by atoms with Crippen LogP contribution in [0.5, 0.6) is 0 Å². The lowest BCUT2D eigenvalue weighted by Gasteiger charge is -2.11. The number of benzene rings is 2. The van der Waals surface area contributed by atoms with Gasteiger partial charge in [-0.3, -0.25) is 9.11 Å². The molecule has 124 valence electrons.